The largest absolute Gasteiger partial charge is 0.493 e. The second-order valence-electron chi connectivity index (χ2n) is 6.48. The SMILES string of the molecule is COc1ccc(-c2csc(NC(=O)CCNC(=O)c3ccccc3C)n2)cc1OC. The maximum atomic E-state index is 12.2. The summed E-state index contributed by atoms with van der Waals surface area (Å²) in [6.45, 7) is 2.12. The second kappa shape index (κ2) is 9.89. The predicted octanol–water partition coefficient (Wildman–Crippen LogP) is 3.89. The smallest absolute Gasteiger partial charge is 0.251 e. The molecule has 156 valence electrons. The lowest BCUT2D eigenvalue weighted by atomic mass is 10.1. The van der Waals surface area contributed by atoms with Crippen LogP contribution in [-0.4, -0.2) is 37.6 Å². The van der Waals surface area contributed by atoms with E-state index in [9.17, 15) is 9.59 Å². The first-order chi connectivity index (χ1) is 14.5. The highest BCUT2D eigenvalue weighted by Gasteiger charge is 2.12. The molecule has 0 spiro atoms. The molecule has 30 heavy (non-hydrogen) atoms. The summed E-state index contributed by atoms with van der Waals surface area (Å²) in [4.78, 5) is 28.8. The standard InChI is InChI=1S/C22H23N3O4S/c1-14-6-4-5-7-16(14)21(27)23-11-10-20(26)25-22-24-17(13-30-22)15-8-9-18(28-2)19(12-15)29-3/h4-9,12-13H,10-11H2,1-3H3,(H,23,27)(H,24,25,26). The van der Waals surface area contributed by atoms with Gasteiger partial charge in [0.2, 0.25) is 5.91 Å². The Bertz CT molecular complexity index is 1050. The monoisotopic (exact) mass is 425 g/mol. The normalized spacial score (nSPS) is 10.4. The van der Waals surface area contributed by atoms with Crippen molar-refractivity contribution in [3.63, 3.8) is 0 Å². The first kappa shape index (κ1) is 21.3. The van der Waals surface area contributed by atoms with Crippen LogP contribution in [0.1, 0.15) is 22.3 Å². The molecule has 3 aromatic rings. The van der Waals surface area contributed by atoms with Crippen molar-refractivity contribution in [3.05, 3.63) is 59.0 Å². The summed E-state index contributed by atoms with van der Waals surface area (Å²) in [5.41, 5.74) is 3.08. The summed E-state index contributed by atoms with van der Waals surface area (Å²) in [6.07, 6.45) is 0.156. The molecule has 2 N–H and O–H groups in total. The fourth-order valence-electron chi connectivity index (χ4n) is 2.85. The number of hydrogen-bond donors (Lipinski definition) is 2. The maximum Gasteiger partial charge on any atom is 0.251 e. The van der Waals surface area contributed by atoms with E-state index in [1.54, 1.807) is 20.3 Å². The third kappa shape index (κ3) is 5.15. The summed E-state index contributed by atoms with van der Waals surface area (Å²) < 4.78 is 10.6. The summed E-state index contributed by atoms with van der Waals surface area (Å²) in [5, 5.41) is 7.89. The Kier molecular flexibility index (Phi) is 7.03. The summed E-state index contributed by atoms with van der Waals surface area (Å²) in [5.74, 6) is 0.843. The number of benzene rings is 2. The molecular weight excluding hydrogens is 402 g/mol. The van der Waals surface area contributed by atoms with Crippen LogP contribution in [0.5, 0.6) is 11.5 Å². The van der Waals surface area contributed by atoms with Crippen molar-refractivity contribution in [2.45, 2.75) is 13.3 Å². The van der Waals surface area contributed by atoms with E-state index in [0.29, 0.717) is 22.2 Å². The highest BCUT2D eigenvalue weighted by atomic mass is 32.1. The Balaban J connectivity index is 1.54. The summed E-state index contributed by atoms with van der Waals surface area (Å²) in [7, 11) is 3.16. The molecule has 8 heteroatoms. The van der Waals surface area contributed by atoms with Crippen molar-refractivity contribution in [2.24, 2.45) is 0 Å². The lowest BCUT2D eigenvalue weighted by molar-refractivity contribution is -0.116. The third-order valence-corrected chi connectivity index (χ3v) is 5.21. The predicted molar refractivity (Wildman–Crippen MR) is 117 cm³/mol. The number of carbonyl (C=O) groups is 2. The Morgan fingerprint density at radius 2 is 1.83 bits per heavy atom. The van der Waals surface area contributed by atoms with Crippen LogP contribution in [0.15, 0.2) is 47.8 Å². The lowest BCUT2D eigenvalue weighted by Crippen LogP contribution is -2.28. The quantitative estimate of drug-likeness (QED) is 0.571. The van der Waals surface area contributed by atoms with Crippen LogP contribution in [0.2, 0.25) is 0 Å². The molecule has 0 bridgehead atoms. The third-order valence-electron chi connectivity index (χ3n) is 4.46. The molecule has 0 aliphatic carbocycles. The molecule has 0 fully saturated rings. The topological polar surface area (TPSA) is 89.6 Å². The zero-order chi connectivity index (χ0) is 21.5. The minimum Gasteiger partial charge on any atom is -0.493 e. The summed E-state index contributed by atoms with van der Waals surface area (Å²) in [6, 6.07) is 12.8. The van der Waals surface area contributed by atoms with Gasteiger partial charge >= 0.3 is 0 Å². The minimum atomic E-state index is -0.215. The maximum absolute atomic E-state index is 12.2. The fourth-order valence-corrected chi connectivity index (χ4v) is 3.59. The van der Waals surface area contributed by atoms with E-state index in [0.717, 1.165) is 16.8 Å². The highest BCUT2D eigenvalue weighted by molar-refractivity contribution is 7.14. The highest BCUT2D eigenvalue weighted by Crippen LogP contribution is 2.33. The molecular formula is C22H23N3O4S. The van der Waals surface area contributed by atoms with Crippen molar-refractivity contribution in [3.8, 4) is 22.8 Å². The number of ether oxygens (including phenoxy) is 2. The molecule has 0 saturated carbocycles. The number of anilines is 1. The lowest BCUT2D eigenvalue weighted by Gasteiger charge is -2.08. The number of amides is 2. The summed E-state index contributed by atoms with van der Waals surface area (Å²) >= 11 is 1.33. The van der Waals surface area contributed by atoms with E-state index in [-0.39, 0.29) is 24.8 Å². The van der Waals surface area contributed by atoms with Crippen LogP contribution in [-0.2, 0) is 4.79 Å². The molecule has 2 aromatic carbocycles. The van der Waals surface area contributed by atoms with E-state index >= 15 is 0 Å². The van der Waals surface area contributed by atoms with Gasteiger partial charge in [-0.05, 0) is 36.8 Å². The molecule has 0 unspecified atom stereocenters. The molecule has 0 radical (unpaired) electrons. The van der Waals surface area contributed by atoms with Gasteiger partial charge in [0.05, 0.1) is 19.9 Å². The van der Waals surface area contributed by atoms with Crippen LogP contribution in [0.3, 0.4) is 0 Å². The van der Waals surface area contributed by atoms with Crippen LogP contribution in [0.4, 0.5) is 5.13 Å². The van der Waals surface area contributed by atoms with Gasteiger partial charge in [-0.15, -0.1) is 11.3 Å². The Hall–Kier alpha value is -3.39. The van der Waals surface area contributed by atoms with Crippen molar-refractivity contribution < 1.29 is 19.1 Å². The molecule has 0 aliphatic rings. The molecule has 0 atom stereocenters. The fraction of sp³-hybridized carbons (Fsp3) is 0.227. The number of thiazole rings is 1. The molecule has 1 aromatic heterocycles. The zero-order valence-electron chi connectivity index (χ0n) is 17.0. The van der Waals surface area contributed by atoms with Crippen molar-refractivity contribution in [1.82, 2.24) is 10.3 Å². The number of carbonyl (C=O) groups excluding carboxylic acids is 2. The Morgan fingerprint density at radius 3 is 2.57 bits per heavy atom. The van der Waals surface area contributed by atoms with Crippen molar-refractivity contribution in [1.29, 1.82) is 0 Å². The van der Waals surface area contributed by atoms with Crippen LogP contribution >= 0.6 is 11.3 Å². The van der Waals surface area contributed by atoms with Gasteiger partial charge in [-0.3, -0.25) is 9.59 Å². The number of nitrogens with zero attached hydrogens (tertiary/aromatic N) is 1. The first-order valence-electron chi connectivity index (χ1n) is 9.33. The van der Waals surface area contributed by atoms with E-state index in [1.807, 2.05) is 48.7 Å². The average molecular weight is 426 g/mol. The van der Waals surface area contributed by atoms with Gasteiger partial charge in [0.15, 0.2) is 16.6 Å². The molecule has 0 saturated heterocycles. The van der Waals surface area contributed by atoms with E-state index in [2.05, 4.69) is 15.6 Å². The van der Waals surface area contributed by atoms with Gasteiger partial charge in [0.25, 0.3) is 5.91 Å². The van der Waals surface area contributed by atoms with Gasteiger partial charge in [-0.25, -0.2) is 4.98 Å². The number of rotatable bonds is 8. The van der Waals surface area contributed by atoms with E-state index < -0.39 is 0 Å². The van der Waals surface area contributed by atoms with E-state index in [4.69, 9.17) is 9.47 Å². The van der Waals surface area contributed by atoms with Gasteiger partial charge in [-0.2, -0.15) is 0 Å². The average Bonchev–Trinajstić information content (AvgIpc) is 3.21. The van der Waals surface area contributed by atoms with Crippen LogP contribution < -0.4 is 20.1 Å². The van der Waals surface area contributed by atoms with Crippen molar-refractivity contribution in [2.75, 3.05) is 26.1 Å². The number of hydrogen-bond acceptors (Lipinski definition) is 6. The van der Waals surface area contributed by atoms with Gasteiger partial charge in [0, 0.05) is 29.5 Å². The molecule has 0 aliphatic heterocycles. The number of methoxy groups -OCH3 is 2. The first-order valence-corrected chi connectivity index (χ1v) is 10.2. The second-order valence-corrected chi connectivity index (χ2v) is 7.33. The number of aromatic nitrogens is 1. The number of nitrogens with one attached hydrogen (secondary N) is 2. The van der Waals surface area contributed by atoms with Gasteiger partial charge in [-0.1, -0.05) is 18.2 Å². The molecule has 1 heterocycles. The Morgan fingerprint density at radius 1 is 1.07 bits per heavy atom. The van der Waals surface area contributed by atoms with E-state index in [1.165, 1.54) is 11.3 Å². The minimum absolute atomic E-state index is 0.156. The van der Waals surface area contributed by atoms with Crippen molar-refractivity contribution >= 4 is 28.3 Å². The van der Waals surface area contributed by atoms with Crippen LogP contribution in [0.25, 0.3) is 11.3 Å². The molecule has 3 rings (SSSR count). The number of aryl methyl sites for hydroxylation is 1. The van der Waals surface area contributed by atoms with Crippen LogP contribution in [0, 0.1) is 6.92 Å². The van der Waals surface area contributed by atoms with Gasteiger partial charge < -0.3 is 20.1 Å². The Labute approximate surface area is 179 Å². The van der Waals surface area contributed by atoms with Gasteiger partial charge in [0.1, 0.15) is 0 Å². The zero-order valence-corrected chi connectivity index (χ0v) is 17.8. The molecule has 7 nitrogen and oxygen atoms in total. The molecule has 2 amide bonds.